The normalized spacial score (nSPS) is 9.40. The highest BCUT2D eigenvalue weighted by Crippen LogP contribution is 1.90. The number of carbonyl (C=O) groups is 1. The molecule has 0 aromatic heterocycles. The molecule has 0 aromatic carbocycles. The third kappa shape index (κ3) is 5.56. The number of carbonyl (C=O) groups excluding carboxylic acids is 1. The van der Waals surface area contributed by atoms with E-state index in [0.29, 0.717) is 6.54 Å². The third-order valence-electron chi connectivity index (χ3n) is 1.23. The van der Waals surface area contributed by atoms with E-state index in [2.05, 4.69) is 12.2 Å². The minimum absolute atomic E-state index is 0.392. The molecule has 0 aliphatic heterocycles. The molecular formula is C7H14NO2. The van der Waals surface area contributed by atoms with Crippen LogP contribution in [0.2, 0.25) is 0 Å². The fourth-order valence-corrected chi connectivity index (χ4v) is 0.654. The van der Waals surface area contributed by atoms with Gasteiger partial charge in [-0.1, -0.05) is 19.8 Å². The Kier molecular flexibility index (Phi) is 6.18. The van der Waals surface area contributed by atoms with Crippen LogP contribution in [-0.2, 0) is 9.90 Å². The smallest absolute Gasteiger partial charge is 0.249 e. The first-order valence-corrected chi connectivity index (χ1v) is 3.66. The molecular weight excluding hydrogens is 130 g/mol. The lowest BCUT2D eigenvalue weighted by atomic mass is 10.2. The maximum atomic E-state index is 10.4. The highest BCUT2D eigenvalue weighted by Gasteiger charge is 1.95. The predicted molar refractivity (Wildman–Crippen MR) is 38.1 cm³/mol. The topological polar surface area (TPSA) is 49.0 Å². The SMILES string of the molecule is CCCCCNC(=O)C[O]. The Balaban J connectivity index is 2.96. The van der Waals surface area contributed by atoms with Crippen molar-refractivity contribution in [3.05, 3.63) is 0 Å². The van der Waals surface area contributed by atoms with E-state index in [1.807, 2.05) is 0 Å². The van der Waals surface area contributed by atoms with Crippen molar-refractivity contribution in [2.24, 2.45) is 0 Å². The third-order valence-corrected chi connectivity index (χ3v) is 1.23. The summed E-state index contributed by atoms with van der Waals surface area (Å²) in [6, 6.07) is 0. The van der Waals surface area contributed by atoms with E-state index in [1.54, 1.807) is 0 Å². The molecule has 3 nitrogen and oxygen atoms in total. The second kappa shape index (κ2) is 6.55. The lowest BCUT2D eigenvalue weighted by Crippen LogP contribution is -2.26. The van der Waals surface area contributed by atoms with Gasteiger partial charge in [0.15, 0.2) is 6.61 Å². The maximum absolute atomic E-state index is 10.4. The van der Waals surface area contributed by atoms with Crippen molar-refractivity contribution in [3.8, 4) is 0 Å². The average molecular weight is 144 g/mol. The Morgan fingerprint density at radius 2 is 2.10 bits per heavy atom. The van der Waals surface area contributed by atoms with Crippen LogP contribution in [0.3, 0.4) is 0 Å². The summed E-state index contributed by atoms with van der Waals surface area (Å²) in [5.41, 5.74) is 0. The van der Waals surface area contributed by atoms with Gasteiger partial charge < -0.3 is 5.32 Å². The van der Waals surface area contributed by atoms with Gasteiger partial charge in [-0.15, -0.1) is 0 Å². The zero-order valence-electron chi connectivity index (χ0n) is 6.35. The highest BCUT2D eigenvalue weighted by atomic mass is 16.3. The van der Waals surface area contributed by atoms with Crippen molar-refractivity contribution in [3.63, 3.8) is 0 Å². The fourth-order valence-electron chi connectivity index (χ4n) is 0.654. The average Bonchev–Trinajstić information content (AvgIpc) is 1.98. The molecule has 0 aliphatic carbocycles. The first-order chi connectivity index (χ1) is 4.81. The van der Waals surface area contributed by atoms with Crippen molar-refractivity contribution in [1.82, 2.24) is 5.32 Å². The van der Waals surface area contributed by atoms with Gasteiger partial charge in [0, 0.05) is 6.54 Å². The highest BCUT2D eigenvalue weighted by molar-refractivity contribution is 5.76. The zero-order valence-corrected chi connectivity index (χ0v) is 6.35. The van der Waals surface area contributed by atoms with Crippen LogP contribution < -0.4 is 5.32 Å². The Labute approximate surface area is 61.4 Å². The van der Waals surface area contributed by atoms with E-state index in [4.69, 9.17) is 0 Å². The number of hydrogen-bond donors (Lipinski definition) is 1. The van der Waals surface area contributed by atoms with Gasteiger partial charge in [-0.2, -0.15) is 0 Å². The van der Waals surface area contributed by atoms with Gasteiger partial charge in [0.05, 0.1) is 0 Å². The van der Waals surface area contributed by atoms with E-state index in [9.17, 15) is 9.90 Å². The molecule has 0 spiro atoms. The molecule has 1 amide bonds. The van der Waals surface area contributed by atoms with Crippen molar-refractivity contribution >= 4 is 5.91 Å². The molecule has 59 valence electrons. The molecule has 0 bridgehead atoms. The molecule has 0 heterocycles. The number of amides is 1. The van der Waals surface area contributed by atoms with Gasteiger partial charge in [0.1, 0.15) is 0 Å². The van der Waals surface area contributed by atoms with Crippen molar-refractivity contribution in [2.45, 2.75) is 26.2 Å². The Hall–Kier alpha value is -0.570. The monoisotopic (exact) mass is 144 g/mol. The summed E-state index contributed by atoms with van der Waals surface area (Å²) in [4.78, 5) is 10.4. The largest absolute Gasteiger partial charge is 0.354 e. The molecule has 0 aliphatic rings. The molecule has 0 saturated heterocycles. The fraction of sp³-hybridized carbons (Fsp3) is 0.857. The molecule has 0 rings (SSSR count). The Morgan fingerprint density at radius 3 is 2.60 bits per heavy atom. The molecule has 1 radical (unpaired) electrons. The van der Waals surface area contributed by atoms with E-state index in [-0.39, 0.29) is 0 Å². The van der Waals surface area contributed by atoms with E-state index in [0.717, 1.165) is 19.3 Å². The van der Waals surface area contributed by atoms with Crippen LogP contribution in [0.25, 0.3) is 0 Å². The van der Waals surface area contributed by atoms with E-state index < -0.39 is 12.5 Å². The summed E-state index contributed by atoms with van der Waals surface area (Å²) in [5, 5.41) is 12.4. The number of unbranched alkanes of at least 4 members (excludes halogenated alkanes) is 2. The first kappa shape index (κ1) is 9.43. The van der Waals surface area contributed by atoms with E-state index >= 15 is 0 Å². The second-order valence-electron chi connectivity index (χ2n) is 2.20. The summed E-state index contributed by atoms with van der Waals surface area (Å²) < 4.78 is 0. The molecule has 1 N–H and O–H groups in total. The first-order valence-electron chi connectivity index (χ1n) is 3.66. The van der Waals surface area contributed by atoms with E-state index in [1.165, 1.54) is 0 Å². The van der Waals surface area contributed by atoms with Crippen LogP contribution >= 0.6 is 0 Å². The lowest BCUT2D eigenvalue weighted by Gasteiger charge is -1.99. The predicted octanol–water partition coefficient (Wildman–Crippen LogP) is 0.723. The second-order valence-corrected chi connectivity index (χ2v) is 2.20. The summed E-state index contributed by atoms with van der Waals surface area (Å²) >= 11 is 0. The molecule has 0 saturated carbocycles. The molecule has 10 heavy (non-hydrogen) atoms. The number of hydrogen-bond acceptors (Lipinski definition) is 1. The van der Waals surface area contributed by atoms with Crippen LogP contribution in [-0.4, -0.2) is 19.1 Å². The van der Waals surface area contributed by atoms with Crippen molar-refractivity contribution in [1.29, 1.82) is 0 Å². The quantitative estimate of drug-likeness (QED) is 0.568. The van der Waals surface area contributed by atoms with Crippen molar-refractivity contribution < 1.29 is 9.90 Å². The van der Waals surface area contributed by atoms with Gasteiger partial charge in [0.2, 0.25) is 5.91 Å². The van der Waals surface area contributed by atoms with Gasteiger partial charge in [-0.05, 0) is 6.42 Å². The van der Waals surface area contributed by atoms with Crippen molar-refractivity contribution in [2.75, 3.05) is 13.2 Å². The minimum atomic E-state index is -0.647. The number of nitrogens with one attached hydrogen (secondary N) is 1. The van der Waals surface area contributed by atoms with Crippen LogP contribution in [0.1, 0.15) is 26.2 Å². The van der Waals surface area contributed by atoms with Gasteiger partial charge >= 0.3 is 0 Å². The summed E-state index contributed by atoms with van der Waals surface area (Å²) in [7, 11) is 0. The van der Waals surface area contributed by atoms with Crippen LogP contribution in [0, 0.1) is 0 Å². The van der Waals surface area contributed by atoms with Crippen LogP contribution in [0.15, 0.2) is 0 Å². The lowest BCUT2D eigenvalue weighted by molar-refractivity contribution is -0.125. The summed E-state index contributed by atoms with van der Waals surface area (Å²) in [6.07, 6.45) is 3.22. The standard InChI is InChI=1S/C7H14NO2/c1-2-3-4-5-8-7(10)6-9/h2-6H2,1H3,(H,8,10). The van der Waals surface area contributed by atoms with Crippen LogP contribution in [0.4, 0.5) is 0 Å². The van der Waals surface area contributed by atoms with Crippen LogP contribution in [0.5, 0.6) is 0 Å². The van der Waals surface area contributed by atoms with Gasteiger partial charge in [0.25, 0.3) is 0 Å². The molecule has 0 unspecified atom stereocenters. The van der Waals surface area contributed by atoms with Gasteiger partial charge in [-0.25, -0.2) is 5.11 Å². The minimum Gasteiger partial charge on any atom is -0.354 e. The number of rotatable bonds is 5. The summed E-state index contributed by atoms with van der Waals surface area (Å²) in [6.45, 7) is 2.09. The molecule has 3 heteroatoms. The van der Waals surface area contributed by atoms with Gasteiger partial charge in [-0.3, -0.25) is 4.79 Å². The molecule has 0 aromatic rings. The molecule has 0 fully saturated rings. The Morgan fingerprint density at radius 1 is 1.40 bits per heavy atom. The Bertz CT molecular complexity index is 93.6. The molecule has 0 atom stereocenters. The zero-order chi connectivity index (χ0) is 7.82. The maximum Gasteiger partial charge on any atom is 0.249 e. The summed E-state index contributed by atoms with van der Waals surface area (Å²) in [5.74, 6) is -0.392.